The molecule has 38 heavy (non-hydrogen) atoms. The van der Waals surface area contributed by atoms with Gasteiger partial charge in [-0.3, -0.25) is 15.1 Å². The number of ether oxygens (including phenoxy) is 2. The number of nitro groups is 1. The number of rotatable bonds is 7. The fraction of sp³-hybridized carbons (Fsp3) is 0.214. The van der Waals surface area contributed by atoms with Crippen LogP contribution in [0.5, 0.6) is 11.5 Å². The van der Waals surface area contributed by atoms with Crippen molar-refractivity contribution in [1.29, 1.82) is 0 Å². The van der Waals surface area contributed by atoms with Crippen molar-refractivity contribution in [3.63, 3.8) is 0 Å². The van der Waals surface area contributed by atoms with Crippen molar-refractivity contribution in [2.75, 3.05) is 19.1 Å². The zero-order valence-corrected chi connectivity index (χ0v) is 22.2. The number of nitro benzene ring substituents is 1. The molecule has 1 aliphatic heterocycles. The van der Waals surface area contributed by atoms with Crippen molar-refractivity contribution in [1.82, 2.24) is 14.9 Å². The first-order valence-electron chi connectivity index (χ1n) is 12.0. The highest BCUT2D eigenvalue weighted by molar-refractivity contribution is 7.80. The molecule has 0 bridgehead atoms. The van der Waals surface area contributed by atoms with Gasteiger partial charge in [0.1, 0.15) is 11.5 Å². The third-order valence-corrected chi connectivity index (χ3v) is 7.17. The molecule has 10 heteroatoms. The van der Waals surface area contributed by atoms with Gasteiger partial charge in [0.2, 0.25) is 0 Å². The van der Waals surface area contributed by atoms with E-state index in [0.717, 1.165) is 39.8 Å². The minimum absolute atomic E-state index is 0.0282. The van der Waals surface area contributed by atoms with Crippen LogP contribution < -0.4 is 19.7 Å². The van der Waals surface area contributed by atoms with Crippen molar-refractivity contribution in [2.24, 2.45) is 0 Å². The van der Waals surface area contributed by atoms with Gasteiger partial charge in [-0.2, -0.15) is 0 Å². The molecule has 9 nitrogen and oxygen atoms in total. The maximum absolute atomic E-state index is 11.3. The average Bonchev–Trinajstić information content (AvgIpc) is 3.43. The molecule has 0 saturated carbocycles. The highest BCUT2D eigenvalue weighted by Gasteiger charge is 2.42. The number of thiocarbonyl (C=S) groups is 1. The van der Waals surface area contributed by atoms with Gasteiger partial charge in [-0.1, -0.05) is 6.07 Å². The van der Waals surface area contributed by atoms with Crippen LogP contribution in [0.15, 0.2) is 72.9 Å². The Labute approximate surface area is 225 Å². The summed E-state index contributed by atoms with van der Waals surface area (Å²) in [5.41, 5.74) is 5.44. The summed E-state index contributed by atoms with van der Waals surface area (Å²) in [6.07, 6.45) is 1.78. The molecule has 0 spiro atoms. The molecule has 5 rings (SSSR count). The van der Waals surface area contributed by atoms with Crippen LogP contribution in [0.4, 0.5) is 11.4 Å². The molecule has 1 fully saturated rings. The van der Waals surface area contributed by atoms with E-state index in [1.807, 2.05) is 56.3 Å². The zero-order chi connectivity index (χ0) is 27.0. The van der Waals surface area contributed by atoms with E-state index in [-0.39, 0.29) is 17.8 Å². The van der Waals surface area contributed by atoms with Crippen LogP contribution >= 0.6 is 12.2 Å². The first-order valence-corrected chi connectivity index (χ1v) is 12.4. The second-order valence-corrected chi connectivity index (χ2v) is 9.36. The van der Waals surface area contributed by atoms with E-state index in [0.29, 0.717) is 10.9 Å². The molecular formula is C28H27N5O4S. The molecule has 1 aliphatic rings. The van der Waals surface area contributed by atoms with Crippen LogP contribution in [0.2, 0.25) is 0 Å². The first kappa shape index (κ1) is 25.2. The topological polar surface area (TPSA) is 94.7 Å². The van der Waals surface area contributed by atoms with Gasteiger partial charge in [0.25, 0.3) is 5.69 Å². The number of hydrogen-bond donors (Lipinski definition) is 1. The number of methoxy groups -OCH3 is 2. The van der Waals surface area contributed by atoms with E-state index in [2.05, 4.69) is 25.8 Å². The predicted molar refractivity (Wildman–Crippen MR) is 149 cm³/mol. The van der Waals surface area contributed by atoms with Gasteiger partial charge in [0, 0.05) is 29.3 Å². The van der Waals surface area contributed by atoms with Crippen molar-refractivity contribution < 1.29 is 14.4 Å². The molecule has 2 atom stereocenters. The third kappa shape index (κ3) is 4.32. The van der Waals surface area contributed by atoms with Crippen LogP contribution in [0, 0.1) is 24.0 Å². The minimum atomic E-state index is -0.428. The Morgan fingerprint density at radius 2 is 1.79 bits per heavy atom. The Hall–Kier alpha value is -4.44. The molecule has 4 aromatic rings. The Bertz CT molecular complexity index is 1500. The standard InChI is InChI=1S/C28H27N5O4S/c1-17-15-22(18(2)31(17)24-13-10-20(33(34)35)16-25(24)37-4)27-26(23-7-5-6-14-29-23)30-28(38)32(27)19-8-11-21(36-3)12-9-19/h5-16,26-27H,1-4H3,(H,30,38)/t26-,27-/m0/s1. The summed E-state index contributed by atoms with van der Waals surface area (Å²) in [5.74, 6) is 1.17. The monoisotopic (exact) mass is 529 g/mol. The molecule has 0 aliphatic carbocycles. The maximum atomic E-state index is 11.3. The van der Waals surface area contributed by atoms with Crippen LogP contribution in [0.3, 0.4) is 0 Å². The number of anilines is 1. The number of non-ortho nitro benzene ring substituents is 1. The highest BCUT2D eigenvalue weighted by atomic mass is 32.1. The summed E-state index contributed by atoms with van der Waals surface area (Å²) in [6.45, 7) is 4.04. The molecule has 0 radical (unpaired) electrons. The largest absolute Gasteiger partial charge is 0.497 e. The van der Waals surface area contributed by atoms with Crippen molar-refractivity contribution in [2.45, 2.75) is 25.9 Å². The Kier molecular flexibility index (Phi) is 6.73. The van der Waals surface area contributed by atoms with E-state index >= 15 is 0 Å². The molecule has 194 valence electrons. The van der Waals surface area contributed by atoms with Gasteiger partial charge in [-0.05, 0) is 80.2 Å². The first-order chi connectivity index (χ1) is 18.3. The molecule has 2 aromatic carbocycles. The van der Waals surface area contributed by atoms with Gasteiger partial charge >= 0.3 is 0 Å². The summed E-state index contributed by atoms with van der Waals surface area (Å²) in [5, 5.41) is 15.4. The third-order valence-electron chi connectivity index (χ3n) is 6.85. The summed E-state index contributed by atoms with van der Waals surface area (Å²) >= 11 is 5.86. The summed E-state index contributed by atoms with van der Waals surface area (Å²) < 4.78 is 13.0. The molecule has 2 aromatic heterocycles. The van der Waals surface area contributed by atoms with E-state index in [4.69, 9.17) is 21.7 Å². The van der Waals surface area contributed by atoms with Crippen LogP contribution in [0.25, 0.3) is 5.69 Å². The second-order valence-electron chi connectivity index (χ2n) is 8.97. The number of hydrogen-bond acceptors (Lipinski definition) is 6. The number of aryl methyl sites for hydroxylation is 1. The van der Waals surface area contributed by atoms with Gasteiger partial charge in [-0.15, -0.1) is 0 Å². The lowest BCUT2D eigenvalue weighted by Gasteiger charge is -2.28. The fourth-order valence-corrected chi connectivity index (χ4v) is 5.46. The smallest absolute Gasteiger partial charge is 0.273 e. The molecule has 0 amide bonds. The predicted octanol–water partition coefficient (Wildman–Crippen LogP) is 5.59. The van der Waals surface area contributed by atoms with E-state index in [1.54, 1.807) is 19.4 Å². The number of nitrogens with zero attached hydrogens (tertiary/aromatic N) is 4. The van der Waals surface area contributed by atoms with Crippen molar-refractivity contribution >= 4 is 28.7 Å². The van der Waals surface area contributed by atoms with Crippen molar-refractivity contribution in [3.8, 4) is 17.2 Å². The lowest BCUT2D eigenvalue weighted by atomic mass is 9.96. The SMILES string of the molecule is COc1ccc(N2C(=S)N[C@@H](c3ccccn3)[C@@H]2c2cc(C)n(-c3ccc([N+](=O)[O-])cc3OC)c2C)cc1. The van der Waals surface area contributed by atoms with E-state index in [1.165, 1.54) is 19.2 Å². The quantitative estimate of drug-likeness (QED) is 0.188. The second kappa shape index (κ2) is 10.1. The summed E-state index contributed by atoms with van der Waals surface area (Å²) in [7, 11) is 3.15. The van der Waals surface area contributed by atoms with Crippen LogP contribution in [-0.2, 0) is 0 Å². The number of benzene rings is 2. The van der Waals surface area contributed by atoms with E-state index < -0.39 is 4.92 Å². The minimum Gasteiger partial charge on any atom is -0.497 e. The summed E-state index contributed by atoms with van der Waals surface area (Å²) in [6, 6.07) is 20.0. The van der Waals surface area contributed by atoms with Gasteiger partial charge in [-0.25, -0.2) is 0 Å². The van der Waals surface area contributed by atoms with Crippen molar-refractivity contribution in [3.05, 3.63) is 106 Å². The highest BCUT2D eigenvalue weighted by Crippen LogP contribution is 2.44. The van der Waals surface area contributed by atoms with E-state index in [9.17, 15) is 10.1 Å². The zero-order valence-electron chi connectivity index (χ0n) is 21.4. The van der Waals surface area contributed by atoms with Crippen LogP contribution in [0.1, 0.15) is 34.7 Å². The molecule has 1 saturated heterocycles. The molecule has 3 heterocycles. The van der Waals surface area contributed by atoms with Gasteiger partial charge < -0.3 is 24.3 Å². The normalized spacial score (nSPS) is 16.8. The number of pyridine rings is 1. The fourth-order valence-electron chi connectivity index (χ4n) is 5.11. The number of aromatic nitrogens is 2. The average molecular weight is 530 g/mol. The van der Waals surface area contributed by atoms with Gasteiger partial charge in [0.15, 0.2) is 5.11 Å². The number of nitrogens with one attached hydrogen (secondary N) is 1. The molecular weight excluding hydrogens is 502 g/mol. The maximum Gasteiger partial charge on any atom is 0.273 e. The van der Waals surface area contributed by atoms with Crippen LogP contribution in [-0.4, -0.2) is 33.8 Å². The Morgan fingerprint density at radius 1 is 1.03 bits per heavy atom. The summed E-state index contributed by atoms with van der Waals surface area (Å²) in [4.78, 5) is 17.7. The Balaban J connectivity index is 1.67. The molecule has 1 N–H and O–H groups in total. The Morgan fingerprint density at radius 3 is 2.42 bits per heavy atom. The lowest BCUT2D eigenvalue weighted by molar-refractivity contribution is -0.384. The lowest BCUT2D eigenvalue weighted by Crippen LogP contribution is -2.29. The van der Waals surface area contributed by atoms with Gasteiger partial charge in [0.05, 0.1) is 48.7 Å². The molecule has 0 unspecified atom stereocenters.